The number of hydrogen-bond donors (Lipinski definition) is 4. The van der Waals surface area contributed by atoms with Gasteiger partial charge in [-0.25, -0.2) is 13.6 Å². The summed E-state index contributed by atoms with van der Waals surface area (Å²) in [6.45, 7) is 4.62. The summed E-state index contributed by atoms with van der Waals surface area (Å²) in [4.78, 5) is 11.6. The van der Waals surface area contributed by atoms with E-state index in [9.17, 15) is 9.90 Å². The van der Waals surface area contributed by atoms with Crippen molar-refractivity contribution in [1.29, 1.82) is 0 Å². The van der Waals surface area contributed by atoms with Gasteiger partial charge in [0.05, 0.1) is 16.9 Å². The van der Waals surface area contributed by atoms with Crippen molar-refractivity contribution >= 4 is 30.7 Å². The molecule has 0 atom stereocenters. The highest BCUT2D eigenvalue weighted by molar-refractivity contribution is 6.36. The van der Waals surface area contributed by atoms with E-state index < -0.39 is 17.6 Å². The maximum atomic E-state index is 15.2. The number of aromatic carboxylic acids is 1. The van der Waals surface area contributed by atoms with Crippen molar-refractivity contribution in [2.24, 2.45) is 0 Å². The highest BCUT2D eigenvalue weighted by Gasteiger charge is 2.22. The first-order chi connectivity index (χ1) is 15.1. The van der Waals surface area contributed by atoms with Crippen LogP contribution in [0, 0.1) is 11.6 Å². The Bertz CT molecular complexity index is 1180. The second-order valence-corrected chi connectivity index (χ2v) is 7.80. The Morgan fingerprint density at radius 1 is 1.12 bits per heavy atom. The molecule has 0 fully saturated rings. The molecule has 5 N–H and O–H groups in total. The maximum absolute atomic E-state index is 15.2. The lowest BCUT2D eigenvalue weighted by Gasteiger charge is -2.17. The molecule has 0 aliphatic rings. The Hall–Kier alpha value is -3.39. The second kappa shape index (κ2) is 9.40. The third-order valence-corrected chi connectivity index (χ3v) is 5.13. The van der Waals surface area contributed by atoms with Crippen molar-refractivity contribution in [2.75, 3.05) is 18.1 Å². The lowest BCUT2D eigenvalue weighted by atomic mass is 9.83. The van der Waals surface area contributed by atoms with Crippen molar-refractivity contribution in [3.63, 3.8) is 0 Å². The van der Waals surface area contributed by atoms with Gasteiger partial charge in [0.15, 0.2) is 11.6 Å². The summed E-state index contributed by atoms with van der Waals surface area (Å²) >= 11 is 0. The molecule has 0 aliphatic carbocycles. The van der Waals surface area contributed by atoms with E-state index in [-0.39, 0.29) is 45.1 Å². The number of nitrogen functional groups attached to an aromatic ring is 1. The molecule has 2 radical (unpaired) electrons. The number of nitrogens with two attached hydrogens (primary N) is 1. The molecular weight excluding hydrogens is 411 g/mol. The number of benzene rings is 3. The number of carbonyl (C=O) groups is 1. The number of rotatable bonds is 7. The average molecular weight is 435 g/mol. The molecule has 3 aromatic rings. The van der Waals surface area contributed by atoms with E-state index >= 15 is 8.78 Å². The molecule has 164 valence electrons. The molecule has 3 rings (SSSR count). The van der Waals surface area contributed by atoms with Gasteiger partial charge >= 0.3 is 5.97 Å². The van der Waals surface area contributed by atoms with Crippen LogP contribution < -0.4 is 21.8 Å². The topological polar surface area (TPSA) is 87.4 Å². The van der Waals surface area contributed by atoms with Crippen molar-refractivity contribution in [1.82, 2.24) is 5.32 Å². The molecule has 0 aliphatic heterocycles. The van der Waals surface area contributed by atoms with Crippen molar-refractivity contribution in [3.05, 3.63) is 65.2 Å². The summed E-state index contributed by atoms with van der Waals surface area (Å²) in [5.74, 6) is -3.50. The zero-order chi connectivity index (χ0) is 23.6. The fourth-order valence-electron chi connectivity index (χ4n) is 3.58. The first kappa shape index (κ1) is 23.3. The summed E-state index contributed by atoms with van der Waals surface area (Å²) in [7, 11) is 7.64. The summed E-state index contributed by atoms with van der Waals surface area (Å²) in [5, 5.41) is 15.5. The molecule has 32 heavy (non-hydrogen) atoms. The second-order valence-electron chi connectivity index (χ2n) is 7.80. The normalized spacial score (nSPS) is 11.1. The zero-order valence-electron chi connectivity index (χ0n) is 18.1. The van der Waals surface area contributed by atoms with Crippen LogP contribution in [-0.2, 0) is 6.54 Å². The number of hydrogen-bond acceptors (Lipinski definition) is 4. The molecule has 0 bridgehead atoms. The van der Waals surface area contributed by atoms with E-state index in [0.717, 1.165) is 5.56 Å². The smallest absolute Gasteiger partial charge is 0.337 e. The minimum absolute atomic E-state index is 0.0217. The predicted octanol–water partition coefficient (Wildman–Crippen LogP) is 3.91. The van der Waals surface area contributed by atoms with E-state index in [1.54, 1.807) is 18.2 Å². The SMILES string of the molecule is [B]c1cc(-c2cccc(CNC(C)C)c2)c(F)c(F)c1-c1cc(N)c(NC)c(C(=O)O)c1. The molecule has 5 nitrogen and oxygen atoms in total. The first-order valence-electron chi connectivity index (χ1n) is 10.1. The quantitative estimate of drug-likeness (QED) is 0.334. The largest absolute Gasteiger partial charge is 0.478 e. The Kier molecular flexibility index (Phi) is 6.84. The standard InChI is InChI=1S/C24H24BF2N3O2/c1-12(2)30-11-13-5-4-6-14(7-13)16-10-18(25)20(22(27)21(16)26)15-8-17(24(31)32)23(29-3)19(28)9-15/h4-10,12,29-30H,11,28H2,1-3H3,(H,31,32). The van der Waals surface area contributed by atoms with Gasteiger partial charge in [0.1, 0.15) is 7.85 Å². The van der Waals surface area contributed by atoms with Crippen LogP contribution in [0.1, 0.15) is 29.8 Å². The van der Waals surface area contributed by atoms with Crippen LogP contribution in [0.3, 0.4) is 0 Å². The fraction of sp³-hybridized carbons (Fsp3) is 0.208. The molecular formula is C24H24BF2N3O2. The highest BCUT2D eigenvalue weighted by atomic mass is 19.2. The van der Waals surface area contributed by atoms with Crippen LogP contribution in [0.5, 0.6) is 0 Å². The third kappa shape index (κ3) is 4.60. The van der Waals surface area contributed by atoms with Gasteiger partial charge in [-0.1, -0.05) is 43.6 Å². The summed E-state index contributed by atoms with van der Waals surface area (Å²) in [6, 6.07) is 11.3. The van der Waals surface area contributed by atoms with Crippen LogP contribution in [0.25, 0.3) is 22.3 Å². The van der Waals surface area contributed by atoms with E-state index in [1.807, 2.05) is 19.9 Å². The predicted molar refractivity (Wildman–Crippen MR) is 126 cm³/mol. The first-order valence-corrected chi connectivity index (χ1v) is 10.1. The number of carboxylic acids is 1. The van der Waals surface area contributed by atoms with Crippen LogP contribution in [-0.4, -0.2) is 32.0 Å². The molecule has 0 unspecified atom stereocenters. The minimum atomic E-state index is -1.26. The maximum Gasteiger partial charge on any atom is 0.337 e. The van der Waals surface area contributed by atoms with Gasteiger partial charge in [0.2, 0.25) is 0 Å². The third-order valence-electron chi connectivity index (χ3n) is 5.13. The van der Waals surface area contributed by atoms with Gasteiger partial charge in [0, 0.05) is 30.8 Å². The van der Waals surface area contributed by atoms with Crippen LogP contribution in [0.2, 0.25) is 0 Å². The Morgan fingerprint density at radius 3 is 2.47 bits per heavy atom. The van der Waals surface area contributed by atoms with Crippen molar-refractivity contribution in [3.8, 4) is 22.3 Å². The van der Waals surface area contributed by atoms with Gasteiger partial charge in [-0.2, -0.15) is 0 Å². The Balaban J connectivity index is 2.12. The number of carboxylic acid groups (broad SMARTS) is 1. The number of anilines is 2. The Labute approximate surface area is 187 Å². The average Bonchev–Trinajstić information content (AvgIpc) is 2.74. The van der Waals surface area contributed by atoms with Gasteiger partial charge < -0.3 is 21.5 Å². The summed E-state index contributed by atoms with van der Waals surface area (Å²) < 4.78 is 30.4. The van der Waals surface area contributed by atoms with E-state index in [1.165, 1.54) is 25.2 Å². The number of nitrogens with one attached hydrogen (secondary N) is 2. The highest BCUT2D eigenvalue weighted by Crippen LogP contribution is 2.34. The van der Waals surface area contributed by atoms with Gasteiger partial charge in [-0.05, 0) is 34.9 Å². The van der Waals surface area contributed by atoms with Crippen molar-refractivity contribution in [2.45, 2.75) is 26.4 Å². The monoisotopic (exact) mass is 435 g/mol. The van der Waals surface area contributed by atoms with Gasteiger partial charge in [-0.15, -0.1) is 0 Å². The van der Waals surface area contributed by atoms with Gasteiger partial charge in [0.25, 0.3) is 0 Å². The van der Waals surface area contributed by atoms with E-state index in [0.29, 0.717) is 12.1 Å². The van der Waals surface area contributed by atoms with Crippen LogP contribution in [0.15, 0.2) is 42.5 Å². The summed E-state index contributed by atoms with van der Waals surface area (Å²) in [6.07, 6.45) is 0. The molecule has 0 amide bonds. The fourth-order valence-corrected chi connectivity index (χ4v) is 3.58. The summed E-state index contributed by atoms with van der Waals surface area (Å²) in [5.41, 5.74) is 7.27. The van der Waals surface area contributed by atoms with E-state index in [2.05, 4.69) is 10.6 Å². The minimum Gasteiger partial charge on any atom is -0.478 e. The van der Waals surface area contributed by atoms with Gasteiger partial charge in [-0.3, -0.25) is 0 Å². The zero-order valence-corrected chi connectivity index (χ0v) is 18.1. The molecule has 0 heterocycles. The molecule has 0 aromatic heterocycles. The lowest BCUT2D eigenvalue weighted by molar-refractivity contribution is 0.0698. The van der Waals surface area contributed by atoms with Crippen molar-refractivity contribution < 1.29 is 18.7 Å². The molecule has 0 spiro atoms. The lowest BCUT2D eigenvalue weighted by Crippen LogP contribution is -2.21. The molecule has 8 heteroatoms. The van der Waals surface area contributed by atoms with E-state index in [4.69, 9.17) is 13.6 Å². The van der Waals surface area contributed by atoms with Crippen LogP contribution >= 0.6 is 0 Å². The van der Waals surface area contributed by atoms with Crippen LogP contribution in [0.4, 0.5) is 20.2 Å². The molecule has 3 aromatic carbocycles. The molecule has 0 saturated carbocycles. The number of halogens is 2. The molecule has 0 saturated heterocycles. The Morgan fingerprint density at radius 2 is 1.84 bits per heavy atom.